The lowest BCUT2D eigenvalue weighted by atomic mass is 10.0. The normalized spacial score (nSPS) is 13.9. The fraction of sp³-hybridized carbons (Fsp3) is 0.429. The molecule has 0 aliphatic rings. The molecule has 0 spiro atoms. The van der Waals surface area contributed by atoms with Crippen molar-refractivity contribution < 1.29 is 49.2 Å². The second-order valence-corrected chi connectivity index (χ2v) is 7.78. The van der Waals surface area contributed by atoms with Gasteiger partial charge in [-0.2, -0.15) is 0 Å². The number of nitrogens with two attached hydrogens (primary N) is 2. The van der Waals surface area contributed by atoms with Crippen LogP contribution in [0.15, 0.2) is 24.3 Å². The van der Waals surface area contributed by atoms with Crippen molar-refractivity contribution in [2.45, 2.75) is 49.9 Å². The largest absolute Gasteiger partial charge is 0.508 e. The summed E-state index contributed by atoms with van der Waals surface area (Å²) < 4.78 is 0. The van der Waals surface area contributed by atoms with Gasteiger partial charge in [0.1, 0.15) is 23.9 Å². The minimum Gasteiger partial charge on any atom is -0.508 e. The molecule has 0 aromatic heterocycles. The predicted molar refractivity (Wildman–Crippen MR) is 121 cm³/mol. The van der Waals surface area contributed by atoms with Crippen molar-refractivity contribution in [3.8, 4) is 5.75 Å². The summed E-state index contributed by atoms with van der Waals surface area (Å²) in [6.45, 7) is -0.986. The summed E-state index contributed by atoms with van der Waals surface area (Å²) >= 11 is 0. The Labute approximate surface area is 204 Å². The summed E-state index contributed by atoms with van der Waals surface area (Å²) in [6, 6.07) is -0.195. The average molecular weight is 511 g/mol. The number of phenolic OH excluding ortho intramolecular Hbond substituents is 1. The summed E-state index contributed by atoms with van der Waals surface area (Å²) in [4.78, 5) is 70.8. The number of hydrogen-bond donors (Lipinski definition) is 9. The number of hydrogen-bond acceptors (Lipinski definition) is 9. The van der Waals surface area contributed by atoms with E-state index in [9.17, 15) is 39.0 Å². The molecule has 0 radical (unpaired) electrons. The van der Waals surface area contributed by atoms with Crippen LogP contribution >= 0.6 is 0 Å². The highest BCUT2D eigenvalue weighted by molar-refractivity contribution is 5.95. The minimum absolute atomic E-state index is 0.00829. The van der Waals surface area contributed by atoms with Crippen LogP contribution in [0.2, 0.25) is 0 Å². The Morgan fingerprint density at radius 2 is 1.36 bits per heavy atom. The Morgan fingerprint density at radius 3 is 1.86 bits per heavy atom. The summed E-state index contributed by atoms with van der Waals surface area (Å²) in [7, 11) is 0. The molecule has 4 unspecified atom stereocenters. The zero-order chi connectivity index (χ0) is 27.4. The number of aliphatic carboxylic acids is 2. The highest BCUT2D eigenvalue weighted by atomic mass is 16.4. The molecule has 4 amide bonds. The van der Waals surface area contributed by atoms with Crippen LogP contribution in [0.5, 0.6) is 5.75 Å². The first-order chi connectivity index (χ1) is 16.8. The molecule has 0 bridgehead atoms. The quantitative estimate of drug-likeness (QED) is 0.112. The van der Waals surface area contributed by atoms with Crippen LogP contribution in [0.4, 0.5) is 0 Å². The number of amides is 4. The smallest absolute Gasteiger partial charge is 0.326 e. The summed E-state index contributed by atoms with van der Waals surface area (Å²) in [5.41, 5.74) is 11.4. The SMILES string of the molecule is NC(=O)CC(NC(=O)C(CO)NC(=O)C(CCC(=O)O)NC(=O)C(N)Cc1ccc(O)cc1)C(=O)O. The van der Waals surface area contributed by atoms with Crippen LogP contribution in [0.1, 0.15) is 24.8 Å². The van der Waals surface area contributed by atoms with Gasteiger partial charge in [-0.1, -0.05) is 12.1 Å². The lowest BCUT2D eigenvalue weighted by Gasteiger charge is -2.24. The number of primary amides is 1. The van der Waals surface area contributed by atoms with Gasteiger partial charge in [-0.3, -0.25) is 24.0 Å². The van der Waals surface area contributed by atoms with E-state index in [0.717, 1.165) is 0 Å². The van der Waals surface area contributed by atoms with E-state index in [1.54, 1.807) is 0 Å². The summed E-state index contributed by atoms with van der Waals surface area (Å²) in [5, 5.41) is 43.2. The highest BCUT2D eigenvalue weighted by Crippen LogP contribution is 2.11. The number of aliphatic hydroxyl groups excluding tert-OH is 1. The van der Waals surface area contributed by atoms with Crippen LogP contribution in [-0.2, 0) is 35.2 Å². The number of carboxylic acid groups (broad SMARTS) is 2. The van der Waals surface area contributed by atoms with Crippen LogP contribution in [-0.4, -0.2) is 86.8 Å². The van der Waals surface area contributed by atoms with Gasteiger partial charge in [-0.25, -0.2) is 4.79 Å². The van der Waals surface area contributed by atoms with Crippen molar-refractivity contribution in [2.24, 2.45) is 11.5 Å². The maximum atomic E-state index is 12.7. The first-order valence-electron chi connectivity index (χ1n) is 10.6. The third kappa shape index (κ3) is 10.4. The molecule has 0 fully saturated rings. The van der Waals surface area contributed by atoms with Gasteiger partial charge in [0.2, 0.25) is 23.6 Å². The van der Waals surface area contributed by atoms with Gasteiger partial charge in [-0.15, -0.1) is 0 Å². The molecule has 15 nitrogen and oxygen atoms in total. The van der Waals surface area contributed by atoms with E-state index in [1.165, 1.54) is 24.3 Å². The van der Waals surface area contributed by atoms with E-state index in [-0.39, 0.29) is 12.2 Å². The second-order valence-electron chi connectivity index (χ2n) is 7.78. The molecule has 0 heterocycles. The van der Waals surface area contributed by atoms with E-state index < -0.39 is 85.6 Å². The highest BCUT2D eigenvalue weighted by Gasteiger charge is 2.30. The monoisotopic (exact) mass is 511 g/mol. The molecule has 1 rings (SSSR count). The Kier molecular flexibility index (Phi) is 11.8. The van der Waals surface area contributed by atoms with Crippen molar-refractivity contribution in [1.82, 2.24) is 16.0 Å². The molecule has 0 aliphatic heterocycles. The van der Waals surface area contributed by atoms with Gasteiger partial charge in [0.25, 0.3) is 0 Å². The van der Waals surface area contributed by atoms with Crippen molar-refractivity contribution in [2.75, 3.05) is 6.61 Å². The van der Waals surface area contributed by atoms with Crippen LogP contribution in [0.3, 0.4) is 0 Å². The number of carbonyl (C=O) groups excluding carboxylic acids is 4. The predicted octanol–water partition coefficient (Wildman–Crippen LogP) is -3.47. The fourth-order valence-corrected chi connectivity index (χ4v) is 2.93. The molecule has 36 heavy (non-hydrogen) atoms. The van der Waals surface area contributed by atoms with Gasteiger partial charge in [-0.05, 0) is 30.5 Å². The molecule has 4 atom stereocenters. The third-order valence-electron chi connectivity index (χ3n) is 4.84. The van der Waals surface area contributed by atoms with Crippen molar-refractivity contribution in [1.29, 1.82) is 0 Å². The standard InChI is InChI=1S/C21H29N5O10/c22-12(7-10-1-3-11(28)4-2-10)18(32)24-13(5-6-17(30)31)19(33)26-15(9-27)20(34)25-14(21(35)36)8-16(23)29/h1-4,12-15,27-28H,5-9,22H2,(H2,23,29)(H,24,32)(H,25,34)(H,26,33)(H,30,31)(H,35,36). The fourth-order valence-electron chi connectivity index (χ4n) is 2.93. The van der Waals surface area contributed by atoms with Crippen LogP contribution in [0, 0.1) is 0 Å². The number of carbonyl (C=O) groups is 6. The van der Waals surface area contributed by atoms with Gasteiger partial charge < -0.3 is 47.8 Å². The average Bonchev–Trinajstić information content (AvgIpc) is 2.80. The lowest BCUT2D eigenvalue weighted by Crippen LogP contribution is -2.58. The van der Waals surface area contributed by atoms with Gasteiger partial charge in [0, 0.05) is 6.42 Å². The molecular weight excluding hydrogens is 482 g/mol. The minimum atomic E-state index is -1.72. The number of aliphatic hydroxyl groups is 1. The van der Waals surface area contributed by atoms with Gasteiger partial charge >= 0.3 is 11.9 Å². The number of carboxylic acids is 2. The van der Waals surface area contributed by atoms with Crippen molar-refractivity contribution in [3.05, 3.63) is 29.8 Å². The number of nitrogens with one attached hydrogen (secondary N) is 3. The Bertz CT molecular complexity index is 968. The number of benzene rings is 1. The van der Waals surface area contributed by atoms with Gasteiger partial charge in [0.15, 0.2) is 0 Å². The summed E-state index contributed by atoms with van der Waals surface area (Å²) in [6.07, 6.45) is -1.65. The topological polar surface area (TPSA) is 271 Å². The molecule has 198 valence electrons. The molecule has 15 heteroatoms. The van der Waals surface area contributed by atoms with E-state index in [4.69, 9.17) is 21.7 Å². The van der Waals surface area contributed by atoms with Crippen molar-refractivity contribution in [3.63, 3.8) is 0 Å². The molecule has 0 saturated carbocycles. The van der Waals surface area contributed by atoms with E-state index >= 15 is 0 Å². The Morgan fingerprint density at radius 1 is 0.833 bits per heavy atom. The Balaban J connectivity index is 2.89. The van der Waals surface area contributed by atoms with Crippen LogP contribution in [0.25, 0.3) is 0 Å². The first kappa shape index (κ1) is 29.8. The summed E-state index contributed by atoms with van der Waals surface area (Å²) in [5.74, 6) is -6.89. The molecule has 1 aromatic carbocycles. The number of rotatable bonds is 15. The van der Waals surface area contributed by atoms with E-state index in [1.807, 2.05) is 5.32 Å². The molecule has 0 aliphatic carbocycles. The number of phenols is 1. The molecule has 0 saturated heterocycles. The third-order valence-corrected chi connectivity index (χ3v) is 4.84. The molecule has 1 aromatic rings. The second kappa shape index (κ2) is 14.2. The van der Waals surface area contributed by atoms with E-state index in [2.05, 4.69) is 10.6 Å². The van der Waals surface area contributed by atoms with E-state index in [0.29, 0.717) is 5.56 Å². The zero-order valence-corrected chi connectivity index (χ0v) is 19.0. The number of aromatic hydroxyl groups is 1. The van der Waals surface area contributed by atoms with Crippen LogP contribution < -0.4 is 27.4 Å². The first-order valence-corrected chi connectivity index (χ1v) is 10.6. The molecule has 11 N–H and O–H groups in total. The van der Waals surface area contributed by atoms with Crippen molar-refractivity contribution >= 4 is 35.6 Å². The molecular formula is C21H29N5O10. The Hall–Kier alpha value is -4.24. The maximum absolute atomic E-state index is 12.7. The maximum Gasteiger partial charge on any atom is 0.326 e. The van der Waals surface area contributed by atoms with Gasteiger partial charge in [0.05, 0.1) is 19.1 Å². The lowest BCUT2D eigenvalue weighted by molar-refractivity contribution is -0.144. The zero-order valence-electron chi connectivity index (χ0n) is 19.0.